The molecule has 0 fully saturated rings. The van der Waals surface area contributed by atoms with Crippen molar-refractivity contribution in [1.82, 2.24) is 0 Å². The highest BCUT2D eigenvalue weighted by molar-refractivity contribution is 6.31. The van der Waals surface area contributed by atoms with E-state index in [2.05, 4.69) is 0 Å². The number of aryl methyl sites for hydroxylation is 1. The summed E-state index contributed by atoms with van der Waals surface area (Å²) >= 11 is 12.3. The van der Waals surface area contributed by atoms with Gasteiger partial charge in [-0.15, -0.1) is 11.6 Å². The van der Waals surface area contributed by atoms with Crippen LogP contribution in [-0.2, 0) is 12.6 Å². The van der Waals surface area contributed by atoms with Crippen LogP contribution in [0.4, 0.5) is 13.2 Å². The van der Waals surface area contributed by atoms with Crippen molar-refractivity contribution in [1.29, 1.82) is 0 Å². The fourth-order valence-electron chi connectivity index (χ4n) is 2.02. The lowest BCUT2D eigenvalue weighted by molar-refractivity contribution is -0.137. The Hall–Kier alpha value is -1.19. The Morgan fingerprint density at radius 2 is 1.67 bits per heavy atom. The molecule has 0 bridgehead atoms. The summed E-state index contributed by atoms with van der Waals surface area (Å²) in [6, 6.07) is 10.6. The first-order valence-electron chi connectivity index (χ1n) is 6.33. The van der Waals surface area contributed by atoms with E-state index in [4.69, 9.17) is 23.2 Å². The molecule has 0 saturated heterocycles. The van der Waals surface area contributed by atoms with E-state index in [1.165, 1.54) is 12.1 Å². The molecule has 0 aromatic heterocycles. The zero-order valence-electron chi connectivity index (χ0n) is 11.2. The molecule has 1 atom stereocenters. The molecule has 0 aliphatic rings. The van der Waals surface area contributed by atoms with E-state index in [0.29, 0.717) is 11.4 Å². The Labute approximate surface area is 131 Å². The van der Waals surface area contributed by atoms with Crippen LogP contribution in [0.25, 0.3) is 0 Å². The minimum Gasteiger partial charge on any atom is -0.166 e. The third kappa shape index (κ3) is 4.14. The minimum absolute atomic E-state index is 0.308. The smallest absolute Gasteiger partial charge is 0.166 e. The Kier molecular flexibility index (Phi) is 4.84. The largest absolute Gasteiger partial charge is 0.416 e. The maximum Gasteiger partial charge on any atom is 0.416 e. The third-order valence-corrected chi connectivity index (χ3v) is 4.07. The molecule has 0 heterocycles. The van der Waals surface area contributed by atoms with Crippen LogP contribution in [0.5, 0.6) is 0 Å². The van der Waals surface area contributed by atoms with Gasteiger partial charge in [-0.05, 0) is 48.2 Å². The average Bonchev–Trinajstić information content (AvgIpc) is 2.41. The second-order valence-electron chi connectivity index (χ2n) is 4.87. The maximum atomic E-state index is 12.5. The van der Waals surface area contributed by atoms with Gasteiger partial charge in [0, 0.05) is 5.02 Å². The molecule has 0 radical (unpaired) electrons. The Balaban J connectivity index is 2.12. The summed E-state index contributed by atoms with van der Waals surface area (Å²) in [6.07, 6.45) is -3.85. The second kappa shape index (κ2) is 6.29. The predicted octanol–water partition coefficient (Wildman–Crippen LogP) is 6.19. The summed E-state index contributed by atoms with van der Waals surface area (Å²) in [5, 5.41) is 0.356. The van der Waals surface area contributed by atoms with Crippen LogP contribution in [0.3, 0.4) is 0 Å². The summed E-state index contributed by atoms with van der Waals surface area (Å²) in [5.41, 5.74) is 1.93. The molecule has 0 nitrogen and oxygen atoms in total. The monoisotopic (exact) mass is 332 g/mol. The summed E-state index contributed by atoms with van der Waals surface area (Å²) in [5.74, 6) is 0. The van der Waals surface area contributed by atoms with Gasteiger partial charge in [0.15, 0.2) is 0 Å². The van der Waals surface area contributed by atoms with Gasteiger partial charge in [-0.25, -0.2) is 0 Å². The van der Waals surface area contributed by atoms with Gasteiger partial charge < -0.3 is 0 Å². The van der Waals surface area contributed by atoms with Crippen LogP contribution in [0.15, 0.2) is 42.5 Å². The summed E-state index contributed by atoms with van der Waals surface area (Å²) in [7, 11) is 0. The van der Waals surface area contributed by atoms with Gasteiger partial charge in [0.2, 0.25) is 0 Å². The topological polar surface area (TPSA) is 0 Å². The number of rotatable bonds is 3. The van der Waals surface area contributed by atoms with E-state index in [-0.39, 0.29) is 5.38 Å². The fourth-order valence-corrected chi connectivity index (χ4v) is 2.45. The van der Waals surface area contributed by atoms with E-state index < -0.39 is 11.7 Å². The lowest BCUT2D eigenvalue weighted by atomic mass is 10.0. The molecule has 0 saturated carbocycles. The first kappa shape index (κ1) is 16.2. The van der Waals surface area contributed by atoms with Gasteiger partial charge in [0.25, 0.3) is 0 Å². The normalized spacial score (nSPS) is 13.2. The van der Waals surface area contributed by atoms with Crippen molar-refractivity contribution < 1.29 is 13.2 Å². The van der Waals surface area contributed by atoms with E-state index in [1.54, 1.807) is 6.07 Å². The quantitative estimate of drug-likeness (QED) is 0.588. The van der Waals surface area contributed by atoms with Crippen molar-refractivity contribution in [2.45, 2.75) is 24.9 Å². The van der Waals surface area contributed by atoms with Crippen molar-refractivity contribution in [3.63, 3.8) is 0 Å². The molecule has 1 unspecified atom stereocenters. The number of alkyl halides is 4. The number of halogens is 5. The summed E-state index contributed by atoms with van der Waals surface area (Å²) in [4.78, 5) is 0. The molecular weight excluding hydrogens is 320 g/mol. The highest BCUT2D eigenvalue weighted by Gasteiger charge is 2.29. The van der Waals surface area contributed by atoms with Crippen molar-refractivity contribution in [2.24, 2.45) is 0 Å². The molecular formula is C16H13Cl2F3. The number of hydrogen-bond donors (Lipinski definition) is 0. The van der Waals surface area contributed by atoms with Crippen LogP contribution < -0.4 is 0 Å². The van der Waals surface area contributed by atoms with Crippen LogP contribution in [0, 0.1) is 6.92 Å². The van der Waals surface area contributed by atoms with Gasteiger partial charge in [-0.2, -0.15) is 13.2 Å². The summed E-state index contributed by atoms with van der Waals surface area (Å²) < 4.78 is 37.5. The van der Waals surface area contributed by atoms with E-state index in [1.807, 2.05) is 19.1 Å². The molecule has 21 heavy (non-hydrogen) atoms. The fraction of sp³-hybridized carbons (Fsp3) is 0.250. The first-order valence-corrected chi connectivity index (χ1v) is 7.15. The molecule has 2 aromatic carbocycles. The van der Waals surface area contributed by atoms with E-state index >= 15 is 0 Å². The molecule has 2 rings (SSSR count). The standard InChI is InChI=1S/C16H13Cl2F3/c1-10-8-12(4-7-14(10)17)15(18)9-11-2-5-13(6-3-11)16(19,20)21/h2-8,15H,9H2,1H3. The van der Waals surface area contributed by atoms with Crippen molar-refractivity contribution >= 4 is 23.2 Å². The van der Waals surface area contributed by atoms with Crippen LogP contribution >= 0.6 is 23.2 Å². The van der Waals surface area contributed by atoms with Gasteiger partial charge in [0.05, 0.1) is 10.9 Å². The number of benzene rings is 2. The SMILES string of the molecule is Cc1cc(C(Cl)Cc2ccc(C(F)(F)F)cc2)ccc1Cl. The highest BCUT2D eigenvalue weighted by atomic mass is 35.5. The molecule has 0 aliphatic heterocycles. The second-order valence-corrected chi connectivity index (χ2v) is 5.81. The average molecular weight is 333 g/mol. The Morgan fingerprint density at radius 1 is 1.05 bits per heavy atom. The Morgan fingerprint density at radius 3 is 2.19 bits per heavy atom. The maximum absolute atomic E-state index is 12.5. The molecule has 5 heteroatoms. The zero-order chi connectivity index (χ0) is 15.6. The van der Waals surface area contributed by atoms with E-state index in [0.717, 1.165) is 28.8 Å². The van der Waals surface area contributed by atoms with Gasteiger partial charge in [0.1, 0.15) is 0 Å². The van der Waals surface area contributed by atoms with Gasteiger partial charge >= 0.3 is 6.18 Å². The van der Waals surface area contributed by atoms with Crippen LogP contribution in [0.2, 0.25) is 5.02 Å². The lowest BCUT2D eigenvalue weighted by Crippen LogP contribution is -2.05. The highest BCUT2D eigenvalue weighted by Crippen LogP contribution is 2.31. The zero-order valence-corrected chi connectivity index (χ0v) is 12.7. The molecule has 0 amide bonds. The van der Waals surface area contributed by atoms with Gasteiger partial charge in [-0.3, -0.25) is 0 Å². The third-order valence-electron chi connectivity index (χ3n) is 3.24. The Bertz CT molecular complexity index is 618. The number of hydrogen-bond acceptors (Lipinski definition) is 0. The van der Waals surface area contributed by atoms with Crippen molar-refractivity contribution in [3.05, 3.63) is 69.7 Å². The lowest BCUT2D eigenvalue weighted by Gasteiger charge is -2.12. The first-order chi connectivity index (χ1) is 9.77. The molecule has 0 N–H and O–H groups in total. The van der Waals surface area contributed by atoms with Crippen LogP contribution in [0.1, 0.15) is 27.6 Å². The molecule has 0 aliphatic carbocycles. The van der Waals surface area contributed by atoms with Gasteiger partial charge in [-0.1, -0.05) is 35.9 Å². The van der Waals surface area contributed by atoms with Crippen LogP contribution in [-0.4, -0.2) is 0 Å². The summed E-state index contributed by atoms with van der Waals surface area (Å²) in [6.45, 7) is 1.88. The van der Waals surface area contributed by atoms with Crippen molar-refractivity contribution in [3.8, 4) is 0 Å². The predicted molar refractivity (Wildman–Crippen MR) is 79.9 cm³/mol. The van der Waals surface area contributed by atoms with Crippen molar-refractivity contribution in [2.75, 3.05) is 0 Å². The van der Waals surface area contributed by atoms with E-state index in [9.17, 15) is 13.2 Å². The molecule has 112 valence electrons. The minimum atomic E-state index is -4.31. The molecule has 2 aromatic rings. The molecule has 0 spiro atoms.